The average molecular weight is 305 g/mol. The van der Waals surface area contributed by atoms with Crippen LogP contribution in [0.5, 0.6) is 0 Å². The van der Waals surface area contributed by atoms with Crippen LogP contribution in [0, 0.1) is 5.82 Å². The van der Waals surface area contributed by atoms with Gasteiger partial charge in [-0.3, -0.25) is 0 Å². The Bertz CT molecular complexity index is 640. The van der Waals surface area contributed by atoms with Gasteiger partial charge in [0.05, 0.1) is 11.7 Å². The molecule has 1 heterocycles. The standard InChI is InChI=1S/C16H20FN3S/c1-10(11-6-3-4-7-12(11)17)20(2)16-19-14-9-5-8-13(18)15(14)21-16/h3-4,6-7,10,13H,5,8-9,18H2,1-2H3. The summed E-state index contributed by atoms with van der Waals surface area (Å²) in [6.07, 6.45) is 3.13. The Kier molecular flexibility index (Phi) is 3.95. The van der Waals surface area contributed by atoms with Gasteiger partial charge in [0.1, 0.15) is 5.82 Å². The van der Waals surface area contributed by atoms with Crippen molar-refractivity contribution in [2.45, 2.75) is 38.3 Å². The third kappa shape index (κ3) is 2.68. The van der Waals surface area contributed by atoms with Crippen molar-refractivity contribution in [1.29, 1.82) is 0 Å². The summed E-state index contributed by atoms with van der Waals surface area (Å²) < 4.78 is 13.9. The Morgan fingerprint density at radius 1 is 1.43 bits per heavy atom. The van der Waals surface area contributed by atoms with Crippen LogP contribution in [0.3, 0.4) is 0 Å². The zero-order valence-electron chi connectivity index (χ0n) is 12.3. The van der Waals surface area contributed by atoms with Crippen LogP contribution in [0.1, 0.15) is 48.0 Å². The minimum atomic E-state index is -0.171. The van der Waals surface area contributed by atoms with E-state index in [0.29, 0.717) is 5.56 Å². The lowest BCUT2D eigenvalue weighted by Crippen LogP contribution is -2.22. The molecule has 1 aromatic carbocycles. The Labute approximate surface area is 128 Å². The lowest BCUT2D eigenvalue weighted by Gasteiger charge is -2.25. The molecule has 2 N–H and O–H groups in total. The fraction of sp³-hybridized carbons (Fsp3) is 0.438. The van der Waals surface area contributed by atoms with Gasteiger partial charge >= 0.3 is 0 Å². The van der Waals surface area contributed by atoms with Crippen molar-refractivity contribution in [2.24, 2.45) is 5.73 Å². The molecule has 0 spiro atoms. The highest BCUT2D eigenvalue weighted by Gasteiger charge is 2.25. The molecule has 1 aliphatic rings. The molecule has 2 atom stereocenters. The van der Waals surface area contributed by atoms with Crippen molar-refractivity contribution in [3.63, 3.8) is 0 Å². The minimum absolute atomic E-state index is 0.0602. The summed E-state index contributed by atoms with van der Waals surface area (Å²) in [5.41, 5.74) is 7.98. The molecule has 2 aromatic rings. The van der Waals surface area contributed by atoms with Crippen molar-refractivity contribution < 1.29 is 4.39 Å². The third-order valence-electron chi connectivity index (χ3n) is 4.22. The number of hydrogen-bond acceptors (Lipinski definition) is 4. The second-order valence-electron chi connectivity index (χ2n) is 5.61. The van der Waals surface area contributed by atoms with Crippen LogP contribution in [0.2, 0.25) is 0 Å². The van der Waals surface area contributed by atoms with Crippen molar-refractivity contribution in [2.75, 3.05) is 11.9 Å². The molecule has 0 bridgehead atoms. The first-order valence-electron chi connectivity index (χ1n) is 7.30. The maximum absolute atomic E-state index is 13.9. The number of aryl methyl sites for hydroxylation is 1. The molecule has 0 fully saturated rings. The minimum Gasteiger partial charge on any atom is -0.344 e. The summed E-state index contributed by atoms with van der Waals surface area (Å²) >= 11 is 1.65. The van der Waals surface area contributed by atoms with Crippen molar-refractivity contribution >= 4 is 16.5 Å². The summed E-state index contributed by atoms with van der Waals surface area (Å²) in [5, 5.41) is 0.924. The third-order valence-corrected chi connectivity index (χ3v) is 5.54. The second kappa shape index (κ2) is 5.73. The molecule has 0 radical (unpaired) electrons. The lowest BCUT2D eigenvalue weighted by atomic mass is 9.99. The van der Waals surface area contributed by atoms with Gasteiger partial charge in [0.2, 0.25) is 0 Å². The molecule has 1 aromatic heterocycles. The topological polar surface area (TPSA) is 42.2 Å². The molecule has 0 amide bonds. The summed E-state index contributed by atoms with van der Waals surface area (Å²) in [4.78, 5) is 7.95. The summed E-state index contributed by atoms with van der Waals surface area (Å²) in [6.45, 7) is 2.00. The van der Waals surface area contributed by atoms with Crippen LogP contribution in [0.15, 0.2) is 24.3 Å². The Hall–Kier alpha value is -1.46. The monoisotopic (exact) mass is 305 g/mol. The predicted octanol–water partition coefficient (Wildman–Crippen LogP) is 3.82. The highest BCUT2D eigenvalue weighted by molar-refractivity contribution is 7.15. The molecule has 3 rings (SSSR count). The van der Waals surface area contributed by atoms with Crippen LogP contribution in [0.4, 0.5) is 9.52 Å². The van der Waals surface area contributed by atoms with E-state index in [1.807, 2.05) is 31.0 Å². The summed E-state index contributed by atoms with van der Waals surface area (Å²) in [5.74, 6) is -0.171. The largest absolute Gasteiger partial charge is 0.344 e. The van der Waals surface area contributed by atoms with Crippen LogP contribution in [-0.2, 0) is 6.42 Å². The molecule has 5 heteroatoms. The van der Waals surface area contributed by atoms with Crippen LogP contribution >= 0.6 is 11.3 Å². The molecule has 112 valence electrons. The first-order valence-corrected chi connectivity index (χ1v) is 8.12. The number of nitrogens with zero attached hydrogens (tertiary/aromatic N) is 2. The van der Waals surface area contributed by atoms with E-state index < -0.39 is 0 Å². The van der Waals surface area contributed by atoms with E-state index in [0.717, 1.165) is 30.1 Å². The van der Waals surface area contributed by atoms with Gasteiger partial charge < -0.3 is 10.6 Å². The van der Waals surface area contributed by atoms with E-state index in [1.54, 1.807) is 17.4 Å². The average Bonchev–Trinajstić information content (AvgIpc) is 2.92. The Morgan fingerprint density at radius 2 is 2.19 bits per heavy atom. The maximum Gasteiger partial charge on any atom is 0.186 e. The van der Waals surface area contributed by atoms with Gasteiger partial charge in [0, 0.05) is 23.5 Å². The molecule has 0 saturated heterocycles. The zero-order chi connectivity index (χ0) is 15.0. The number of thiazole rings is 1. The molecular weight excluding hydrogens is 285 g/mol. The van der Waals surface area contributed by atoms with Crippen molar-refractivity contribution in [3.05, 3.63) is 46.2 Å². The quantitative estimate of drug-likeness (QED) is 0.937. The smallest absolute Gasteiger partial charge is 0.186 e. The van der Waals surface area contributed by atoms with Gasteiger partial charge in [0.25, 0.3) is 0 Å². The normalized spacial score (nSPS) is 19.1. The van der Waals surface area contributed by atoms with Gasteiger partial charge in [-0.1, -0.05) is 29.5 Å². The predicted molar refractivity (Wildman–Crippen MR) is 85.2 cm³/mol. The van der Waals surface area contributed by atoms with E-state index in [4.69, 9.17) is 10.7 Å². The number of halogens is 1. The van der Waals surface area contributed by atoms with Crippen molar-refractivity contribution in [3.8, 4) is 0 Å². The highest BCUT2D eigenvalue weighted by atomic mass is 32.1. The van der Waals surface area contributed by atoms with E-state index in [9.17, 15) is 4.39 Å². The van der Waals surface area contributed by atoms with E-state index in [2.05, 4.69) is 0 Å². The van der Waals surface area contributed by atoms with Crippen LogP contribution in [-0.4, -0.2) is 12.0 Å². The first kappa shape index (κ1) is 14.5. The van der Waals surface area contributed by atoms with Crippen LogP contribution in [0.25, 0.3) is 0 Å². The molecular formula is C16H20FN3S. The Balaban J connectivity index is 1.88. The molecule has 0 aliphatic heterocycles. The number of hydrogen-bond donors (Lipinski definition) is 1. The molecule has 1 aliphatic carbocycles. The van der Waals surface area contributed by atoms with Gasteiger partial charge in [-0.05, 0) is 32.3 Å². The summed E-state index contributed by atoms with van der Waals surface area (Å²) in [7, 11) is 1.97. The number of benzene rings is 1. The molecule has 3 nitrogen and oxygen atoms in total. The first-order chi connectivity index (χ1) is 10.1. The van der Waals surface area contributed by atoms with Gasteiger partial charge in [-0.15, -0.1) is 0 Å². The maximum atomic E-state index is 13.9. The number of aromatic nitrogens is 1. The fourth-order valence-corrected chi connectivity index (χ4v) is 3.97. The van der Waals surface area contributed by atoms with Gasteiger partial charge in [-0.25, -0.2) is 9.37 Å². The van der Waals surface area contributed by atoms with E-state index in [-0.39, 0.29) is 17.9 Å². The molecule has 21 heavy (non-hydrogen) atoms. The number of fused-ring (bicyclic) bond motifs is 1. The lowest BCUT2D eigenvalue weighted by molar-refractivity contribution is 0.572. The van der Waals surface area contributed by atoms with Crippen molar-refractivity contribution in [1.82, 2.24) is 4.98 Å². The van der Waals surface area contributed by atoms with Gasteiger partial charge in [-0.2, -0.15) is 0 Å². The van der Waals surface area contributed by atoms with E-state index in [1.165, 1.54) is 10.9 Å². The molecule has 2 unspecified atom stereocenters. The number of anilines is 1. The number of nitrogens with two attached hydrogens (primary N) is 1. The number of rotatable bonds is 3. The fourth-order valence-electron chi connectivity index (χ4n) is 2.78. The van der Waals surface area contributed by atoms with Gasteiger partial charge in [0.15, 0.2) is 5.13 Å². The Morgan fingerprint density at radius 3 is 2.90 bits per heavy atom. The zero-order valence-corrected chi connectivity index (χ0v) is 13.2. The molecule has 0 saturated carbocycles. The second-order valence-corrected chi connectivity index (χ2v) is 6.62. The SMILES string of the molecule is CC(c1ccccc1F)N(C)c1nc2c(s1)C(N)CCC2. The van der Waals surface area contributed by atoms with E-state index >= 15 is 0 Å². The highest BCUT2D eigenvalue weighted by Crippen LogP contribution is 2.38. The summed E-state index contributed by atoms with van der Waals surface area (Å²) in [6, 6.07) is 6.96. The van der Waals surface area contributed by atoms with Crippen LogP contribution < -0.4 is 10.6 Å².